The van der Waals surface area contributed by atoms with Crippen LogP contribution in [0.4, 0.5) is 4.79 Å². The highest BCUT2D eigenvalue weighted by Gasteiger charge is 2.31. The Bertz CT molecular complexity index is 435. The third-order valence-corrected chi connectivity index (χ3v) is 4.20. The molecule has 19 heavy (non-hydrogen) atoms. The molecule has 1 aliphatic rings. The maximum absolute atomic E-state index is 11.6. The molecule has 0 bridgehead atoms. The van der Waals surface area contributed by atoms with Crippen molar-refractivity contribution in [1.82, 2.24) is 4.31 Å². The molecule has 0 fully saturated rings. The summed E-state index contributed by atoms with van der Waals surface area (Å²) < 4.78 is -0.587. The van der Waals surface area contributed by atoms with E-state index in [2.05, 4.69) is 10.1 Å². The zero-order valence-corrected chi connectivity index (χ0v) is 14.5. The van der Waals surface area contributed by atoms with Crippen LogP contribution >= 0.6 is 58.5 Å². The van der Waals surface area contributed by atoms with Crippen molar-refractivity contribution in [1.29, 1.82) is 0 Å². The first-order chi connectivity index (χ1) is 8.50. The van der Waals surface area contributed by atoms with Crippen LogP contribution in [-0.2, 0) is 4.84 Å². The first kappa shape index (κ1) is 17.2. The molecule has 0 aromatic carbocycles. The van der Waals surface area contributed by atoms with Crippen molar-refractivity contribution in [2.75, 3.05) is 7.05 Å². The van der Waals surface area contributed by atoms with E-state index in [1.807, 2.05) is 13.8 Å². The second kappa shape index (κ2) is 6.30. The van der Waals surface area contributed by atoms with Gasteiger partial charge in [-0.3, -0.25) is 9.83 Å². The lowest BCUT2D eigenvalue weighted by Crippen LogP contribution is -2.23. The molecule has 0 aromatic rings. The van der Waals surface area contributed by atoms with Gasteiger partial charge in [0, 0.05) is 19.0 Å². The highest BCUT2D eigenvalue weighted by Crippen LogP contribution is 2.40. The molecule has 0 aromatic heterocycles. The monoisotopic (exact) mass is 363 g/mol. The van der Waals surface area contributed by atoms with Gasteiger partial charge in [0.2, 0.25) is 0 Å². The lowest BCUT2D eigenvalue weighted by atomic mass is 10.4. The van der Waals surface area contributed by atoms with Crippen LogP contribution < -0.4 is 0 Å². The standard InChI is InChI=1S/C9H12Cl3N3O2S2/c1-5-6(18-8(2,3)13-5)14-17-7(16)15(4)19-9(10,11)12/h1-4H3. The van der Waals surface area contributed by atoms with E-state index in [0.29, 0.717) is 17.0 Å². The predicted molar refractivity (Wildman–Crippen MR) is 84.3 cm³/mol. The Morgan fingerprint density at radius 2 is 2.11 bits per heavy atom. The second-order valence-corrected chi connectivity index (χ2v) is 9.92. The summed E-state index contributed by atoms with van der Waals surface area (Å²) in [6, 6.07) is 0. The molecule has 5 nitrogen and oxygen atoms in total. The van der Waals surface area contributed by atoms with Crippen molar-refractivity contribution < 1.29 is 9.63 Å². The van der Waals surface area contributed by atoms with Gasteiger partial charge >= 0.3 is 6.09 Å². The van der Waals surface area contributed by atoms with Crippen LogP contribution in [0.5, 0.6) is 0 Å². The van der Waals surface area contributed by atoms with E-state index >= 15 is 0 Å². The Morgan fingerprint density at radius 1 is 1.53 bits per heavy atom. The fourth-order valence-corrected chi connectivity index (χ4v) is 3.47. The smallest absolute Gasteiger partial charge is 0.296 e. The number of carbonyl (C=O) groups is 1. The number of amides is 1. The van der Waals surface area contributed by atoms with Gasteiger partial charge in [0.05, 0.1) is 5.71 Å². The van der Waals surface area contributed by atoms with Gasteiger partial charge in [0.25, 0.3) is 3.12 Å². The lowest BCUT2D eigenvalue weighted by molar-refractivity contribution is 0.137. The summed E-state index contributed by atoms with van der Waals surface area (Å²) >= 11 is 18.7. The summed E-state index contributed by atoms with van der Waals surface area (Å²) in [7, 11) is 1.42. The van der Waals surface area contributed by atoms with E-state index in [-0.39, 0.29) is 4.87 Å². The zero-order chi connectivity index (χ0) is 14.8. The average molecular weight is 365 g/mol. The fraction of sp³-hybridized carbons (Fsp3) is 0.667. The highest BCUT2D eigenvalue weighted by atomic mass is 35.6. The Hall–Kier alpha value is 0.180. The number of alkyl halides is 3. The van der Waals surface area contributed by atoms with Crippen LogP contribution in [0.15, 0.2) is 10.1 Å². The van der Waals surface area contributed by atoms with Gasteiger partial charge in [0.1, 0.15) is 4.87 Å². The molecule has 1 aliphatic heterocycles. The molecule has 1 heterocycles. The zero-order valence-electron chi connectivity index (χ0n) is 10.6. The van der Waals surface area contributed by atoms with Crippen LogP contribution in [0, 0.1) is 0 Å². The van der Waals surface area contributed by atoms with E-state index in [1.165, 1.54) is 18.8 Å². The van der Waals surface area contributed by atoms with Gasteiger partial charge in [0.15, 0.2) is 5.04 Å². The average Bonchev–Trinajstić information content (AvgIpc) is 2.45. The molecule has 108 valence electrons. The van der Waals surface area contributed by atoms with Gasteiger partial charge in [-0.2, -0.15) is 0 Å². The maximum atomic E-state index is 11.6. The van der Waals surface area contributed by atoms with Crippen LogP contribution in [0.1, 0.15) is 20.8 Å². The number of hydrogen-bond donors (Lipinski definition) is 0. The highest BCUT2D eigenvalue weighted by molar-refractivity contribution is 8.17. The molecular weight excluding hydrogens is 353 g/mol. The predicted octanol–water partition coefficient (Wildman–Crippen LogP) is 4.29. The van der Waals surface area contributed by atoms with Crippen molar-refractivity contribution >= 4 is 75.4 Å². The molecule has 1 amide bonds. The van der Waals surface area contributed by atoms with E-state index in [0.717, 1.165) is 10.0 Å². The summed E-state index contributed by atoms with van der Waals surface area (Å²) in [5, 5.41) is 4.33. The second-order valence-electron chi connectivity index (χ2n) is 4.03. The Balaban J connectivity index is 2.58. The van der Waals surface area contributed by atoms with Crippen LogP contribution in [0.2, 0.25) is 0 Å². The van der Waals surface area contributed by atoms with Crippen molar-refractivity contribution in [2.24, 2.45) is 10.1 Å². The third-order valence-electron chi connectivity index (χ3n) is 1.80. The van der Waals surface area contributed by atoms with Gasteiger partial charge in [-0.05, 0) is 20.8 Å². The van der Waals surface area contributed by atoms with E-state index < -0.39 is 9.22 Å². The summed E-state index contributed by atoms with van der Waals surface area (Å²) in [5.41, 5.74) is 0.722. The normalized spacial score (nSPS) is 20.4. The molecule has 1 rings (SSSR count). The molecular formula is C9H12Cl3N3O2S2. The van der Waals surface area contributed by atoms with Crippen molar-refractivity contribution in [3.8, 4) is 0 Å². The molecule has 0 aliphatic carbocycles. The Labute approximate surface area is 135 Å². The number of carbonyl (C=O) groups excluding carboxylic acids is 1. The SMILES string of the molecule is CC1=NC(C)(C)SC1=NOC(=O)N(C)SC(Cl)(Cl)Cl. The topological polar surface area (TPSA) is 54.3 Å². The summed E-state index contributed by atoms with van der Waals surface area (Å²) in [6.07, 6.45) is -0.734. The lowest BCUT2D eigenvalue weighted by Gasteiger charge is -2.17. The quantitative estimate of drug-likeness (QED) is 0.317. The first-order valence-corrected chi connectivity index (χ1v) is 7.77. The minimum atomic E-state index is -1.64. The van der Waals surface area contributed by atoms with Crippen LogP contribution in [0.25, 0.3) is 0 Å². The van der Waals surface area contributed by atoms with Crippen LogP contribution in [0.3, 0.4) is 0 Å². The van der Waals surface area contributed by atoms with E-state index in [9.17, 15) is 4.79 Å². The summed E-state index contributed by atoms with van der Waals surface area (Å²) in [5.74, 6) is 0. The summed E-state index contributed by atoms with van der Waals surface area (Å²) in [4.78, 5) is 20.4. The van der Waals surface area contributed by atoms with E-state index in [4.69, 9.17) is 39.6 Å². The van der Waals surface area contributed by atoms with Crippen LogP contribution in [-0.4, -0.2) is 36.2 Å². The van der Waals surface area contributed by atoms with Gasteiger partial charge in [-0.15, -0.1) is 0 Å². The Morgan fingerprint density at radius 3 is 2.53 bits per heavy atom. The molecule has 0 N–H and O–H groups in total. The molecule has 0 spiro atoms. The number of thioether (sulfide) groups is 1. The minimum absolute atomic E-state index is 0.298. The molecule has 0 radical (unpaired) electrons. The largest absolute Gasteiger partial charge is 0.445 e. The van der Waals surface area contributed by atoms with Gasteiger partial charge in [-0.25, -0.2) is 9.10 Å². The van der Waals surface area contributed by atoms with Gasteiger partial charge in [-0.1, -0.05) is 51.7 Å². The number of rotatable bonds is 2. The molecule has 0 unspecified atom stereocenters. The molecule has 0 saturated carbocycles. The number of hydrogen-bond acceptors (Lipinski definition) is 6. The molecule has 0 atom stereocenters. The molecule has 0 saturated heterocycles. The number of oxime groups is 1. The minimum Gasteiger partial charge on any atom is -0.296 e. The summed E-state index contributed by atoms with van der Waals surface area (Å²) in [6.45, 7) is 5.68. The Kier molecular flexibility index (Phi) is 5.72. The van der Waals surface area contributed by atoms with Gasteiger partial charge < -0.3 is 0 Å². The third kappa shape index (κ3) is 5.99. The number of halogens is 3. The number of aliphatic imine (C=N–C) groups is 1. The van der Waals surface area contributed by atoms with Crippen molar-refractivity contribution in [3.63, 3.8) is 0 Å². The number of nitrogens with zero attached hydrogens (tertiary/aromatic N) is 3. The first-order valence-electron chi connectivity index (χ1n) is 5.04. The van der Waals surface area contributed by atoms with E-state index in [1.54, 1.807) is 6.92 Å². The maximum Gasteiger partial charge on any atom is 0.445 e. The fourth-order valence-electron chi connectivity index (χ4n) is 1.20. The molecule has 10 heteroatoms. The van der Waals surface area contributed by atoms with Crippen molar-refractivity contribution in [2.45, 2.75) is 28.8 Å². The van der Waals surface area contributed by atoms with Crippen molar-refractivity contribution in [3.05, 3.63) is 0 Å².